The number of hydrogen-bond donors (Lipinski definition) is 1. The molecular formula is C9H18Cl3NO4. The number of carbonyl (C=O) groups is 1. The molecule has 0 rings (SSSR count). The van der Waals surface area contributed by atoms with E-state index >= 15 is 0 Å². The average Bonchev–Trinajstić information content (AvgIpc) is 1.98. The number of nitrogens with zero attached hydrogens (tertiary/aromatic N) is 1. The number of alkyl halides is 3. The van der Waals surface area contributed by atoms with E-state index in [1.165, 1.54) is 0 Å². The second-order valence-corrected chi connectivity index (χ2v) is 6.73. The minimum atomic E-state index is -1.56. The fourth-order valence-electron chi connectivity index (χ4n) is 0.550. The lowest BCUT2D eigenvalue weighted by Crippen LogP contribution is -2.36. The van der Waals surface area contributed by atoms with Gasteiger partial charge in [0.2, 0.25) is 3.79 Å². The van der Waals surface area contributed by atoms with Crippen LogP contribution in [0, 0.1) is 0 Å². The molecule has 8 heteroatoms. The Morgan fingerprint density at radius 1 is 1.35 bits per heavy atom. The first-order chi connectivity index (χ1) is 7.48. The molecule has 0 radical (unpaired) electrons. The Morgan fingerprint density at radius 2 is 1.82 bits per heavy atom. The van der Waals surface area contributed by atoms with E-state index in [1.54, 1.807) is 0 Å². The molecule has 1 N–H and O–H groups in total. The largest absolute Gasteiger partial charge is 0.548 e. The zero-order chi connectivity index (χ0) is 14.1. The van der Waals surface area contributed by atoms with Crippen molar-refractivity contribution in [1.82, 2.24) is 0 Å². The van der Waals surface area contributed by atoms with Gasteiger partial charge in [-0.2, -0.15) is 0 Å². The highest BCUT2D eigenvalue weighted by Crippen LogP contribution is 2.25. The van der Waals surface area contributed by atoms with Gasteiger partial charge in [-0.15, -0.1) is 0 Å². The summed E-state index contributed by atoms with van der Waals surface area (Å²) in [4.78, 5) is 9.72. The van der Waals surface area contributed by atoms with Gasteiger partial charge in [0.05, 0.1) is 46.9 Å². The first-order valence-corrected chi connectivity index (χ1v) is 5.87. The minimum absolute atomic E-state index is 0.258. The van der Waals surface area contributed by atoms with Crippen LogP contribution < -0.4 is 5.11 Å². The standard InChI is InChI=1S/C5H14NO.C4H5Cl3O3/c1-6(2,3)4-5-7;5-4(6,7)2-10-1-3(8)9/h7H,4-5H2,1-3H3;1-2H2,(H,8,9)/q+1;/p-1. The van der Waals surface area contributed by atoms with E-state index in [-0.39, 0.29) is 13.2 Å². The molecule has 104 valence electrons. The summed E-state index contributed by atoms with van der Waals surface area (Å²) in [5, 5.41) is 18.1. The van der Waals surface area contributed by atoms with Crippen molar-refractivity contribution in [2.45, 2.75) is 3.79 Å². The van der Waals surface area contributed by atoms with Crippen LogP contribution in [-0.4, -0.2) is 66.9 Å². The predicted molar refractivity (Wildman–Crippen MR) is 66.1 cm³/mol. The fourth-order valence-corrected chi connectivity index (χ4v) is 0.782. The lowest BCUT2D eigenvalue weighted by Gasteiger charge is -2.21. The van der Waals surface area contributed by atoms with Crippen LogP contribution in [0.1, 0.15) is 0 Å². The summed E-state index contributed by atoms with van der Waals surface area (Å²) in [6.07, 6.45) is 0. The van der Waals surface area contributed by atoms with Crippen molar-refractivity contribution < 1.29 is 24.2 Å². The first-order valence-electron chi connectivity index (χ1n) is 4.73. The van der Waals surface area contributed by atoms with Gasteiger partial charge in [0, 0.05) is 0 Å². The Kier molecular flexibility index (Phi) is 10.6. The van der Waals surface area contributed by atoms with Crippen LogP contribution in [0.3, 0.4) is 0 Å². The average molecular weight is 311 g/mol. The number of halogens is 3. The molecule has 0 atom stereocenters. The van der Waals surface area contributed by atoms with Crippen molar-refractivity contribution in [2.75, 3.05) is 47.5 Å². The van der Waals surface area contributed by atoms with E-state index in [4.69, 9.17) is 39.9 Å². The second kappa shape index (κ2) is 9.19. The Labute approximate surface area is 116 Å². The molecule has 0 spiro atoms. The molecule has 0 saturated heterocycles. The number of aliphatic hydroxyl groups is 1. The maximum Gasteiger partial charge on any atom is 0.213 e. The first kappa shape index (κ1) is 19.6. The molecule has 0 aliphatic rings. The van der Waals surface area contributed by atoms with E-state index in [0.29, 0.717) is 0 Å². The van der Waals surface area contributed by atoms with Crippen molar-refractivity contribution in [1.29, 1.82) is 0 Å². The van der Waals surface area contributed by atoms with Crippen molar-refractivity contribution in [2.24, 2.45) is 0 Å². The third-order valence-corrected chi connectivity index (χ3v) is 1.58. The maximum absolute atomic E-state index is 9.72. The number of carboxylic acid groups (broad SMARTS) is 1. The van der Waals surface area contributed by atoms with Gasteiger partial charge in [-0.1, -0.05) is 34.8 Å². The summed E-state index contributed by atoms with van der Waals surface area (Å²) in [5.74, 6) is -1.34. The third kappa shape index (κ3) is 26.1. The number of carbonyl (C=O) groups excluding carboxylic acids is 1. The summed E-state index contributed by atoms with van der Waals surface area (Å²) in [5.41, 5.74) is 0. The summed E-state index contributed by atoms with van der Waals surface area (Å²) >= 11 is 15.6. The number of carboxylic acids is 1. The summed E-state index contributed by atoms with van der Waals surface area (Å²) in [6, 6.07) is 0. The highest BCUT2D eigenvalue weighted by atomic mass is 35.6. The van der Waals surface area contributed by atoms with Crippen molar-refractivity contribution in [3.63, 3.8) is 0 Å². The second-order valence-electron chi connectivity index (χ2n) is 4.22. The number of ether oxygens (including phenoxy) is 1. The van der Waals surface area contributed by atoms with Crippen LogP contribution in [0.5, 0.6) is 0 Å². The SMILES string of the molecule is C[N+](C)(C)CCO.O=C([O-])COCC(Cl)(Cl)Cl. The molecule has 0 aliphatic carbocycles. The monoisotopic (exact) mass is 309 g/mol. The molecule has 0 aliphatic heterocycles. The predicted octanol–water partition coefficient (Wildman–Crippen LogP) is -0.192. The van der Waals surface area contributed by atoms with Gasteiger partial charge in [0.1, 0.15) is 6.54 Å². The third-order valence-electron chi connectivity index (χ3n) is 1.26. The van der Waals surface area contributed by atoms with Crippen molar-refractivity contribution in [3.05, 3.63) is 0 Å². The number of rotatable bonds is 5. The molecule has 0 aromatic rings. The Hall–Kier alpha value is 0.220. The van der Waals surface area contributed by atoms with E-state index in [2.05, 4.69) is 25.9 Å². The van der Waals surface area contributed by atoms with Gasteiger partial charge in [-0.3, -0.25) is 0 Å². The summed E-state index contributed by atoms with van der Waals surface area (Å²) in [6.45, 7) is 0.295. The van der Waals surface area contributed by atoms with Gasteiger partial charge in [-0.05, 0) is 0 Å². The zero-order valence-electron chi connectivity index (χ0n) is 10.1. The van der Waals surface area contributed by atoms with Crippen LogP contribution >= 0.6 is 34.8 Å². The number of quaternary nitrogens is 1. The number of likely N-dealkylation sites (N-methyl/N-ethyl adjacent to an activating group) is 1. The van der Waals surface area contributed by atoms with Crippen LogP contribution in [0.25, 0.3) is 0 Å². The van der Waals surface area contributed by atoms with E-state index in [9.17, 15) is 9.90 Å². The highest BCUT2D eigenvalue weighted by Gasteiger charge is 2.19. The van der Waals surface area contributed by atoms with E-state index < -0.39 is 16.4 Å². The highest BCUT2D eigenvalue weighted by molar-refractivity contribution is 6.67. The smallest absolute Gasteiger partial charge is 0.213 e. The molecule has 0 aromatic carbocycles. The normalized spacial score (nSPS) is 11.7. The Balaban J connectivity index is 0. The number of hydrogen-bond acceptors (Lipinski definition) is 4. The molecule has 0 fully saturated rings. The molecule has 0 heterocycles. The number of aliphatic hydroxyl groups excluding tert-OH is 1. The Bertz CT molecular complexity index is 213. The molecule has 0 unspecified atom stereocenters. The summed E-state index contributed by atoms with van der Waals surface area (Å²) < 4.78 is 3.69. The fraction of sp³-hybridized carbons (Fsp3) is 0.889. The van der Waals surface area contributed by atoms with Crippen LogP contribution in [0.2, 0.25) is 0 Å². The van der Waals surface area contributed by atoms with Gasteiger partial charge in [-0.25, -0.2) is 0 Å². The van der Waals surface area contributed by atoms with Crippen LogP contribution in [0.15, 0.2) is 0 Å². The van der Waals surface area contributed by atoms with Crippen molar-refractivity contribution >= 4 is 40.8 Å². The van der Waals surface area contributed by atoms with E-state index in [1.807, 2.05) is 0 Å². The quantitative estimate of drug-likeness (QED) is 0.564. The molecule has 0 saturated carbocycles. The van der Waals surface area contributed by atoms with E-state index in [0.717, 1.165) is 11.0 Å². The number of aliphatic carboxylic acids is 1. The molecule has 17 heavy (non-hydrogen) atoms. The topological polar surface area (TPSA) is 69.6 Å². The lowest BCUT2D eigenvalue weighted by molar-refractivity contribution is -0.870. The van der Waals surface area contributed by atoms with Gasteiger partial charge < -0.3 is 24.2 Å². The molecule has 5 nitrogen and oxygen atoms in total. The summed E-state index contributed by atoms with van der Waals surface area (Å²) in [7, 11) is 6.16. The zero-order valence-corrected chi connectivity index (χ0v) is 12.3. The van der Waals surface area contributed by atoms with Gasteiger partial charge >= 0.3 is 0 Å². The molecule has 0 bridgehead atoms. The molecule has 0 aromatic heterocycles. The van der Waals surface area contributed by atoms with Gasteiger partial charge in [0.15, 0.2) is 0 Å². The molecule has 0 amide bonds. The van der Waals surface area contributed by atoms with Crippen molar-refractivity contribution in [3.8, 4) is 0 Å². The van der Waals surface area contributed by atoms with Crippen LogP contribution in [0.4, 0.5) is 0 Å². The minimum Gasteiger partial charge on any atom is -0.548 e. The van der Waals surface area contributed by atoms with Crippen LogP contribution in [-0.2, 0) is 9.53 Å². The lowest BCUT2D eigenvalue weighted by atomic mass is 10.5. The Morgan fingerprint density at radius 3 is 2.00 bits per heavy atom. The molecular weight excluding hydrogens is 292 g/mol. The van der Waals surface area contributed by atoms with Gasteiger partial charge in [0.25, 0.3) is 0 Å². The maximum atomic E-state index is 9.72.